The molecule has 1 amide bonds. The number of rotatable bonds is 3. The zero-order valence-electron chi connectivity index (χ0n) is 15.5. The fraction of sp³-hybridized carbons (Fsp3) is 0.238. The van der Waals surface area contributed by atoms with Gasteiger partial charge < -0.3 is 5.73 Å². The Bertz CT molecular complexity index is 932. The van der Waals surface area contributed by atoms with Crippen molar-refractivity contribution in [3.05, 3.63) is 77.4 Å². The lowest BCUT2D eigenvalue weighted by molar-refractivity contribution is -0.130. The van der Waals surface area contributed by atoms with Gasteiger partial charge in [0.1, 0.15) is 17.2 Å². The Morgan fingerprint density at radius 3 is 2.26 bits per heavy atom. The summed E-state index contributed by atoms with van der Waals surface area (Å²) in [6, 6.07) is 10.5. The molecule has 1 heterocycles. The SMILES string of the molecule is C=C(C)c1ccc([C@H]2C(=O)N(C)C(N)=N[C@]2(C)c2cc(F)cc(F)c2)cc1. The number of amides is 1. The van der Waals surface area contributed by atoms with E-state index in [-0.39, 0.29) is 17.4 Å². The third-order valence-electron chi connectivity index (χ3n) is 5.01. The first kappa shape index (κ1) is 18.8. The van der Waals surface area contributed by atoms with Crippen molar-refractivity contribution in [1.29, 1.82) is 0 Å². The molecule has 2 N–H and O–H groups in total. The quantitative estimate of drug-likeness (QED) is 0.895. The van der Waals surface area contributed by atoms with E-state index in [9.17, 15) is 13.6 Å². The highest BCUT2D eigenvalue weighted by molar-refractivity contribution is 6.02. The van der Waals surface area contributed by atoms with Gasteiger partial charge in [0.25, 0.3) is 0 Å². The normalized spacial score (nSPS) is 22.6. The summed E-state index contributed by atoms with van der Waals surface area (Å²) >= 11 is 0. The molecule has 2 aromatic rings. The lowest BCUT2D eigenvalue weighted by Gasteiger charge is -2.41. The molecule has 3 rings (SSSR count). The number of carbonyl (C=O) groups is 1. The second-order valence-corrected chi connectivity index (χ2v) is 7.01. The predicted molar refractivity (Wildman–Crippen MR) is 102 cm³/mol. The number of guanidine groups is 1. The van der Waals surface area contributed by atoms with Crippen LogP contribution in [-0.2, 0) is 10.3 Å². The van der Waals surface area contributed by atoms with E-state index in [1.54, 1.807) is 6.92 Å². The Morgan fingerprint density at radius 1 is 1.19 bits per heavy atom. The number of hydrogen-bond donors (Lipinski definition) is 1. The van der Waals surface area contributed by atoms with E-state index in [0.29, 0.717) is 5.56 Å². The van der Waals surface area contributed by atoms with Gasteiger partial charge in [-0.3, -0.25) is 9.69 Å². The number of carbonyl (C=O) groups excluding carboxylic acids is 1. The van der Waals surface area contributed by atoms with Gasteiger partial charge in [0, 0.05) is 13.1 Å². The molecule has 0 aromatic heterocycles. The van der Waals surface area contributed by atoms with Gasteiger partial charge in [-0.15, -0.1) is 0 Å². The van der Waals surface area contributed by atoms with Gasteiger partial charge in [-0.1, -0.05) is 36.4 Å². The lowest BCUT2D eigenvalue weighted by Crippen LogP contribution is -2.52. The van der Waals surface area contributed by atoms with Crippen LogP contribution in [0.25, 0.3) is 5.57 Å². The van der Waals surface area contributed by atoms with Gasteiger partial charge >= 0.3 is 0 Å². The summed E-state index contributed by atoms with van der Waals surface area (Å²) in [4.78, 5) is 18.8. The van der Waals surface area contributed by atoms with Gasteiger partial charge in [-0.2, -0.15) is 0 Å². The highest BCUT2D eigenvalue weighted by Crippen LogP contribution is 2.44. The Hall–Kier alpha value is -3.02. The number of nitrogens with zero attached hydrogens (tertiary/aromatic N) is 2. The molecule has 6 heteroatoms. The van der Waals surface area contributed by atoms with Gasteiger partial charge in [-0.05, 0) is 42.7 Å². The van der Waals surface area contributed by atoms with E-state index < -0.39 is 23.1 Å². The minimum absolute atomic E-state index is 0.00183. The van der Waals surface area contributed by atoms with E-state index in [2.05, 4.69) is 11.6 Å². The molecule has 2 aromatic carbocycles. The highest BCUT2D eigenvalue weighted by atomic mass is 19.1. The second kappa shape index (κ2) is 6.61. The molecule has 27 heavy (non-hydrogen) atoms. The summed E-state index contributed by atoms with van der Waals surface area (Å²) in [5.41, 5.74) is 7.43. The monoisotopic (exact) mass is 369 g/mol. The predicted octanol–water partition coefficient (Wildman–Crippen LogP) is 3.78. The highest BCUT2D eigenvalue weighted by Gasteiger charge is 2.47. The molecule has 140 valence electrons. The number of aliphatic imine (C=N–C) groups is 1. The molecule has 4 nitrogen and oxygen atoms in total. The lowest BCUT2D eigenvalue weighted by atomic mass is 9.74. The van der Waals surface area contributed by atoms with Crippen molar-refractivity contribution in [1.82, 2.24) is 4.90 Å². The smallest absolute Gasteiger partial charge is 0.239 e. The fourth-order valence-corrected chi connectivity index (χ4v) is 3.43. The standard InChI is InChI=1S/C21H21F2N3O/c1-12(2)13-5-7-14(8-6-13)18-19(27)26(4)20(24)25-21(18,3)15-9-16(22)11-17(23)10-15/h5-11,18H,1H2,2-4H3,(H2,24,25)/t18-,21+/m0/s1. The Balaban J connectivity index is 2.21. The Morgan fingerprint density at radius 2 is 1.74 bits per heavy atom. The van der Waals surface area contributed by atoms with Crippen LogP contribution in [0.15, 0.2) is 54.0 Å². The van der Waals surface area contributed by atoms with Crippen LogP contribution in [-0.4, -0.2) is 23.8 Å². The molecule has 1 aliphatic heterocycles. The summed E-state index contributed by atoms with van der Waals surface area (Å²) in [6.07, 6.45) is 0. The molecular weight excluding hydrogens is 348 g/mol. The third-order valence-corrected chi connectivity index (χ3v) is 5.01. The number of hydrogen-bond acceptors (Lipinski definition) is 3. The maximum Gasteiger partial charge on any atom is 0.239 e. The summed E-state index contributed by atoms with van der Waals surface area (Å²) in [6.45, 7) is 7.45. The van der Waals surface area contributed by atoms with Crippen LogP contribution in [0.4, 0.5) is 8.78 Å². The molecule has 0 saturated heterocycles. The van der Waals surface area contributed by atoms with Crippen LogP contribution >= 0.6 is 0 Å². The van der Waals surface area contributed by atoms with Gasteiger partial charge in [0.05, 0.1) is 5.92 Å². The summed E-state index contributed by atoms with van der Waals surface area (Å²) in [5.74, 6) is -2.54. The molecule has 0 radical (unpaired) electrons. The third kappa shape index (κ3) is 3.23. The van der Waals surface area contributed by atoms with Crippen LogP contribution < -0.4 is 5.73 Å². The topological polar surface area (TPSA) is 58.7 Å². The fourth-order valence-electron chi connectivity index (χ4n) is 3.43. The number of allylic oxidation sites excluding steroid dienone is 1. The number of nitrogens with two attached hydrogens (primary N) is 1. The zero-order chi connectivity index (χ0) is 19.9. The first-order valence-corrected chi connectivity index (χ1v) is 8.49. The van der Waals surface area contributed by atoms with Crippen LogP contribution in [0.3, 0.4) is 0 Å². The summed E-state index contributed by atoms with van der Waals surface area (Å²) in [5, 5.41) is 0. The van der Waals surface area contributed by atoms with Crippen LogP contribution in [0.1, 0.15) is 36.5 Å². The molecular formula is C21H21F2N3O. The minimum Gasteiger partial charge on any atom is -0.369 e. The van der Waals surface area contributed by atoms with Crippen LogP contribution in [0.5, 0.6) is 0 Å². The first-order chi connectivity index (χ1) is 12.6. The average molecular weight is 369 g/mol. The summed E-state index contributed by atoms with van der Waals surface area (Å²) < 4.78 is 27.7. The van der Waals surface area contributed by atoms with Gasteiger partial charge in [0.2, 0.25) is 5.91 Å². The van der Waals surface area contributed by atoms with Gasteiger partial charge in [-0.25, -0.2) is 13.8 Å². The van der Waals surface area contributed by atoms with E-state index in [1.807, 2.05) is 31.2 Å². The molecule has 1 aliphatic rings. The van der Waals surface area contributed by atoms with Crippen molar-refractivity contribution in [3.63, 3.8) is 0 Å². The van der Waals surface area contributed by atoms with Crippen molar-refractivity contribution >= 4 is 17.4 Å². The van der Waals surface area contributed by atoms with Crippen molar-refractivity contribution in [2.45, 2.75) is 25.3 Å². The molecule has 0 unspecified atom stereocenters. The number of likely N-dealkylation sites (N-methyl/N-ethyl adjacent to an activating group) is 1. The van der Waals surface area contributed by atoms with Gasteiger partial charge in [0.15, 0.2) is 5.96 Å². The van der Waals surface area contributed by atoms with E-state index >= 15 is 0 Å². The summed E-state index contributed by atoms with van der Waals surface area (Å²) in [7, 11) is 1.53. The Labute approximate surface area is 157 Å². The van der Waals surface area contributed by atoms with E-state index in [1.165, 1.54) is 24.1 Å². The van der Waals surface area contributed by atoms with Crippen molar-refractivity contribution in [2.24, 2.45) is 10.7 Å². The van der Waals surface area contributed by atoms with E-state index in [4.69, 9.17) is 5.73 Å². The average Bonchev–Trinajstić information content (AvgIpc) is 2.59. The molecule has 0 saturated carbocycles. The largest absolute Gasteiger partial charge is 0.369 e. The molecule has 0 aliphatic carbocycles. The zero-order valence-corrected chi connectivity index (χ0v) is 15.5. The first-order valence-electron chi connectivity index (χ1n) is 8.49. The minimum atomic E-state index is -1.25. The molecule has 0 fully saturated rings. The molecule has 2 atom stereocenters. The van der Waals surface area contributed by atoms with Crippen molar-refractivity contribution in [3.8, 4) is 0 Å². The van der Waals surface area contributed by atoms with E-state index in [0.717, 1.165) is 17.2 Å². The maximum atomic E-state index is 13.9. The van der Waals surface area contributed by atoms with Crippen LogP contribution in [0, 0.1) is 11.6 Å². The molecule has 0 bridgehead atoms. The van der Waals surface area contributed by atoms with Crippen molar-refractivity contribution in [2.75, 3.05) is 7.05 Å². The maximum absolute atomic E-state index is 13.9. The molecule has 0 spiro atoms. The number of benzene rings is 2. The van der Waals surface area contributed by atoms with Crippen molar-refractivity contribution < 1.29 is 13.6 Å². The second-order valence-electron chi connectivity index (χ2n) is 7.01. The number of halogens is 2. The Kier molecular flexibility index (Phi) is 4.59. The van der Waals surface area contributed by atoms with Crippen LogP contribution in [0.2, 0.25) is 0 Å².